The Morgan fingerprint density at radius 1 is 1.03 bits per heavy atom. The van der Waals surface area contributed by atoms with Gasteiger partial charge in [-0.15, -0.1) is 0 Å². The first-order valence-corrected chi connectivity index (χ1v) is 11.8. The maximum absolute atomic E-state index is 12.9. The Hall–Kier alpha value is -2.91. The predicted octanol–water partition coefficient (Wildman–Crippen LogP) is 2.18. The normalized spacial score (nSPS) is 14.2. The van der Waals surface area contributed by atoms with Gasteiger partial charge in [-0.25, -0.2) is 8.42 Å². The van der Waals surface area contributed by atoms with Crippen LogP contribution in [-0.4, -0.2) is 64.2 Å². The summed E-state index contributed by atoms with van der Waals surface area (Å²) in [5.41, 5.74) is 2.69. The highest BCUT2D eigenvalue weighted by Crippen LogP contribution is 2.27. The Morgan fingerprint density at radius 3 is 2.26 bits per heavy atom. The number of para-hydroxylation sites is 2. The van der Waals surface area contributed by atoms with Crippen LogP contribution in [-0.2, 0) is 19.6 Å². The Labute approximate surface area is 182 Å². The van der Waals surface area contributed by atoms with Crippen LogP contribution in [0.1, 0.15) is 21.5 Å². The highest BCUT2D eigenvalue weighted by atomic mass is 32.2. The van der Waals surface area contributed by atoms with Crippen LogP contribution in [0.25, 0.3) is 0 Å². The summed E-state index contributed by atoms with van der Waals surface area (Å²) in [6.45, 7) is 5.11. The van der Waals surface area contributed by atoms with Crippen molar-refractivity contribution in [1.82, 2.24) is 4.90 Å². The molecule has 0 spiro atoms. The molecule has 3 rings (SSSR count). The number of hydrogen-bond donors (Lipinski definition) is 1. The number of carbonyl (C=O) groups is 2. The molecule has 0 aliphatic carbocycles. The molecule has 0 radical (unpaired) electrons. The number of aryl methyl sites for hydroxylation is 2. The van der Waals surface area contributed by atoms with Crippen LogP contribution in [0.15, 0.2) is 42.5 Å². The third-order valence-corrected chi connectivity index (χ3v) is 6.22. The van der Waals surface area contributed by atoms with Gasteiger partial charge in [0, 0.05) is 13.1 Å². The van der Waals surface area contributed by atoms with Crippen molar-refractivity contribution in [1.29, 1.82) is 0 Å². The molecule has 1 N–H and O–H groups in total. The minimum absolute atomic E-state index is 0.200. The number of ether oxygens (including phenoxy) is 1. The SMILES string of the molecule is Cc1cccc(C)c1N(CC(=O)Nc1ccccc1C(=O)N1CCOCC1)S(C)(=O)=O. The molecule has 166 valence electrons. The maximum Gasteiger partial charge on any atom is 0.256 e. The van der Waals surface area contributed by atoms with Crippen LogP contribution in [0.2, 0.25) is 0 Å². The molecule has 0 bridgehead atoms. The van der Waals surface area contributed by atoms with Gasteiger partial charge in [-0.2, -0.15) is 0 Å². The summed E-state index contributed by atoms with van der Waals surface area (Å²) < 4.78 is 31.3. The maximum atomic E-state index is 12.9. The molecule has 1 fully saturated rings. The lowest BCUT2D eigenvalue weighted by atomic mass is 10.1. The molecule has 1 aliphatic heterocycles. The van der Waals surface area contributed by atoms with Gasteiger partial charge in [0.05, 0.1) is 36.4 Å². The van der Waals surface area contributed by atoms with Gasteiger partial charge in [-0.05, 0) is 37.1 Å². The average molecular weight is 446 g/mol. The summed E-state index contributed by atoms with van der Waals surface area (Å²) in [6.07, 6.45) is 1.07. The number of nitrogens with one attached hydrogen (secondary N) is 1. The fourth-order valence-corrected chi connectivity index (χ4v) is 4.57. The molecule has 2 amide bonds. The van der Waals surface area contributed by atoms with Crippen LogP contribution in [0.3, 0.4) is 0 Å². The number of rotatable bonds is 6. The number of morpholine rings is 1. The van der Waals surface area contributed by atoms with E-state index < -0.39 is 22.5 Å². The summed E-state index contributed by atoms with van der Waals surface area (Å²) in [4.78, 5) is 27.4. The van der Waals surface area contributed by atoms with Gasteiger partial charge in [0.25, 0.3) is 5.91 Å². The Balaban J connectivity index is 1.83. The summed E-state index contributed by atoms with van der Waals surface area (Å²) in [7, 11) is -3.71. The van der Waals surface area contributed by atoms with Gasteiger partial charge >= 0.3 is 0 Å². The quantitative estimate of drug-likeness (QED) is 0.735. The van der Waals surface area contributed by atoms with Crippen LogP contribution in [0.5, 0.6) is 0 Å². The summed E-state index contributed by atoms with van der Waals surface area (Å²) in [5, 5.41) is 2.72. The third kappa shape index (κ3) is 5.42. The number of carbonyl (C=O) groups excluding carboxylic acids is 2. The monoisotopic (exact) mass is 445 g/mol. The summed E-state index contributed by atoms with van der Waals surface area (Å²) in [5.74, 6) is -0.732. The van der Waals surface area contributed by atoms with E-state index in [9.17, 15) is 18.0 Å². The Morgan fingerprint density at radius 2 is 1.65 bits per heavy atom. The molecular formula is C22H27N3O5S. The first-order valence-electron chi connectivity index (χ1n) is 9.98. The molecule has 0 unspecified atom stereocenters. The zero-order valence-electron chi connectivity index (χ0n) is 17.9. The smallest absolute Gasteiger partial charge is 0.256 e. The van der Waals surface area contributed by atoms with Crippen molar-refractivity contribution in [3.63, 3.8) is 0 Å². The minimum Gasteiger partial charge on any atom is -0.378 e. The zero-order chi connectivity index (χ0) is 22.6. The second-order valence-corrected chi connectivity index (χ2v) is 9.42. The molecular weight excluding hydrogens is 418 g/mol. The predicted molar refractivity (Wildman–Crippen MR) is 120 cm³/mol. The van der Waals surface area contributed by atoms with E-state index in [0.717, 1.165) is 21.7 Å². The van der Waals surface area contributed by atoms with Gasteiger partial charge < -0.3 is 15.0 Å². The number of hydrogen-bond acceptors (Lipinski definition) is 5. The van der Waals surface area contributed by atoms with Crippen molar-refractivity contribution in [2.24, 2.45) is 0 Å². The van der Waals surface area contributed by atoms with E-state index in [4.69, 9.17) is 4.74 Å². The standard InChI is InChI=1S/C22H27N3O5S/c1-16-7-6-8-17(2)21(16)25(31(3,28)29)15-20(26)23-19-10-5-4-9-18(19)22(27)24-11-13-30-14-12-24/h4-10H,11-15H2,1-3H3,(H,23,26). The van der Waals surface area contributed by atoms with Crippen molar-refractivity contribution in [3.05, 3.63) is 59.2 Å². The number of sulfonamides is 1. The first kappa shape index (κ1) is 22.8. The van der Waals surface area contributed by atoms with E-state index in [1.807, 2.05) is 6.07 Å². The fraction of sp³-hybridized carbons (Fsp3) is 0.364. The molecule has 1 saturated heterocycles. The minimum atomic E-state index is -3.71. The summed E-state index contributed by atoms with van der Waals surface area (Å²) >= 11 is 0. The van der Waals surface area contributed by atoms with Crippen molar-refractivity contribution >= 4 is 33.2 Å². The van der Waals surface area contributed by atoms with E-state index in [1.165, 1.54) is 0 Å². The molecule has 8 nitrogen and oxygen atoms in total. The van der Waals surface area contributed by atoms with E-state index in [0.29, 0.717) is 43.2 Å². The summed E-state index contributed by atoms with van der Waals surface area (Å²) in [6, 6.07) is 12.2. The lowest BCUT2D eigenvalue weighted by Crippen LogP contribution is -2.41. The first-order chi connectivity index (χ1) is 14.7. The molecule has 2 aromatic carbocycles. The highest BCUT2D eigenvalue weighted by molar-refractivity contribution is 7.92. The molecule has 0 atom stereocenters. The average Bonchev–Trinajstić information content (AvgIpc) is 2.72. The van der Waals surface area contributed by atoms with Gasteiger partial charge in [-0.1, -0.05) is 30.3 Å². The molecule has 1 heterocycles. The molecule has 31 heavy (non-hydrogen) atoms. The number of nitrogens with zero attached hydrogens (tertiary/aromatic N) is 2. The van der Waals surface area contributed by atoms with Crippen molar-refractivity contribution in [2.75, 3.05) is 48.7 Å². The van der Waals surface area contributed by atoms with Crippen molar-refractivity contribution < 1.29 is 22.7 Å². The van der Waals surface area contributed by atoms with Crippen molar-refractivity contribution in [2.45, 2.75) is 13.8 Å². The molecule has 0 aromatic heterocycles. The fourth-order valence-electron chi connectivity index (χ4n) is 3.60. The van der Waals surface area contributed by atoms with Gasteiger partial charge in [0.2, 0.25) is 15.9 Å². The van der Waals surface area contributed by atoms with Crippen LogP contribution < -0.4 is 9.62 Å². The second kappa shape index (κ2) is 9.49. The topological polar surface area (TPSA) is 96.0 Å². The van der Waals surface area contributed by atoms with Gasteiger partial charge in [0.15, 0.2) is 0 Å². The lowest BCUT2D eigenvalue weighted by molar-refractivity contribution is -0.114. The van der Waals surface area contributed by atoms with Gasteiger partial charge in [-0.3, -0.25) is 13.9 Å². The molecule has 2 aromatic rings. The molecule has 1 aliphatic rings. The number of amides is 2. The number of benzene rings is 2. The van der Waals surface area contributed by atoms with Crippen LogP contribution in [0, 0.1) is 13.8 Å². The van der Waals surface area contributed by atoms with E-state index in [1.54, 1.807) is 55.1 Å². The van der Waals surface area contributed by atoms with E-state index >= 15 is 0 Å². The zero-order valence-corrected chi connectivity index (χ0v) is 18.7. The molecule has 0 saturated carbocycles. The molecule has 9 heteroatoms. The lowest BCUT2D eigenvalue weighted by Gasteiger charge is -2.28. The van der Waals surface area contributed by atoms with E-state index in [-0.39, 0.29) is 5.91 Å². The second-order valence-electron chi connectivity index (χ2n) is 7.51. The van der Waals surface area contributed by atoms with Gasteiger partial charge in [0.1, 0.15) is 6.54 Å². The van der Waals surface area contributed by atoms with Crippen LogP contribution >= 0.6 is 0 Å². The Kier molecular flexibility index (Phi) is 6.97. The van der Waals surface area contributed by atoms with E-state index in [2.05, 4.69) is 5.32 Å². The van der Waals surface area contributed by atoms with Crippen molar-refractivity contribution in [3.8, 4) is 0 Å². The number of anilines is 2. The third-order valence-electron chi connectivity index (χ3n) is 5.11. The highest BCUT2D eigenvalue weighted by Gasteiger charge is 2.25. The largest absolute Gasteiger partial charge is 0.378 e. The Bertz CT molecular complexity index is 1060. The van der Waals surface area contributed by atoms with Crippen LogP contribution in [0.4, 0.5) is 11.4 Å².